The third-order valence-electron chi connectivity index (χ3n) is 11.1. The van der Waals surface area contributed by atoms with E-state index in [9.17, 15) is 0 Å². The molecule has 10 aromatic rings. The molecule has 0 saturated heterocycles. The van der Waals surface area contributed by atoms with Gasteiger partial charge in [-0.25, -0.2) is 15.0 Å². The molecule has 1 aliphatic rings. The first kappa shape index (κ1) is 34.3. The first-order valence-corrected chi connectivity index (χ1v) is 19.9. The lowest BCUT2D eigenvalue weighted by Gasteiger charge is -2.25. The Morgan fingerprint density at radius 3 is 1.37 bits per heavy atom. The second kappa shape index (κ2) is 14.5. The average Bonchev–Trinajstić information content (AvgIpc) is 3.32. The number of hydrogen-bond donors (Lipinski definition) is 0. The Labute approximate surface area is 342 Å². The first-order chi connectivity index (χ1) is 29.2. The van der Waals surface area contributed by atoms with Gasteiger partial charge in [-0.05, 0) is 62.5 Å². The number of benzene rings is 9. The summed E-state index contributed by atoms with van der Waals surface area (Å²) in [7, 11) is 0. The molecule has 0 amide bonds. The summed E-state index contributed by atoms with van der Waals surface area (Å²) in [5.74, 6) is 3.47. The molecule has 2 heterocycles. The number of aromatic nitrogens is 3. The first-order valence-electron chi connectivity index (χ1n) is 19.9. The Morgan fingerprint density at radius 2 is 0.729 bits per heavy atom. The van der Waals surface area contributed by atoms with Gasteiger partial charge in [0.2, 0.25) is 0 Å². The van der Waals surface area contributed by atoms with Crippen molar-refractivity contribution in [1.29, 1.82) is 0 Å². The van der Waals surface area contributed by atoms with Crippen LogP contribution in [0.3, 0.4) is 0 Å². The van der Waals surface area contributed by atoms with Crippen LogP contribution < -0.4 is 4.74 Å². The molecule has 1 aromatic heterocycles. The number of rotatable bonds is 7. The molecule has 0 bridgehead atoms. The Morgan fingerprint density at radius 1 is 0.288 bits per heavy atom. The highest BCUT2D eigenvalue weighted by atomic mass is 16.5. The zero-order valence-corrected chi connectivity index (χ0v) is 32.0. The molecule has 11 rings (SSSR count). The van der Waals surface area contributed by atoms with Crippen LogP contribution in [-0.4, -0.2) is 15.0 Å². The van der Waals surface area contributed by atoms with Crippen molar-refractivity contribution in [3.63, 3.8) is 0 Å². The van der Waals surface area contributed by atoms with E-state index in [2.05, 4.69) is 188 Å². The molecule has 0 saturated carbocycles. The lowest BCUT2D eigenvalue weighted by Crippen LogP contribution is -2.03. The number of nitrogens with zero attached hydrogens (tertiary/aromatic N) is 3. The molecular formula is C55H35N3O. The van der Waals surface area contributed by atoms with Crippen molar-refractivity contribution in [2.75, 3.05) is 0 Å². The molecule has 4 nitrogen and oxygen atoms in total. The minimum absolute atomic E-state index is 0.583. The lowest BCUT2D eigenvalue weighted by atomic mass is 9.84. The molecule has 1 aliphatic heterocycles. The molecule has 276 valence electrons. The highest BCUT2D eigenvalue weighted by Crippen LogP contribution is 2.53. The third-order valence-corrected chi connectivity index (χ3v) is 11.1. The predicted octanol–water partition coefficient (Wildman–Crippen LogP) is 14.5. The molecule has 9 aromatic carbocycles. The fourth-order valence-corrected chi connectivity index (χ4v) is 8.33. The van der Waals surface area contributed by atoms with Crippen LogP contribution in [-0.2, 0) is 0 Å². The highest BCUT2D eigenvalue weighted by molar-refractivity contribution is 6.07. The van der Waals surface area contributed by atoms with Gasteiger partial charge in [0, 0.05) is 38.8 Å². The molecule has 0 atom stereocenters. The molecule has 4 heteroatoms. The average molecular weight is 754 g/mol. The fraction of sp³-hybridized carbons (Fsp3) is 0. The van der Waals surface area contributed by atoms with Crippen molar-refractivity contribution in [3.05, 3.63) is 212 Å². The normalized spacial score (nSPS) is 11.5. The van der Waals surface area contributed by atoms with E-state index in [1.807, 2.05) is 24.3 Å². The van der Waals surface area contributed by atoms with Gasteiger partial charge in [0.1, 0.15) is 11.5 Å². The zero-order valence-electron chi connectivity index (χ0n) is 32.0. The summed E-state index contributed by atoms with van der Waals surface area (Å²) in [6.45, 7) is 0. The Balaban J connectivity index is 1.19. The topological polar surface area (TPSA) is 47.9 Å². The van der Waals surface area contributed by atoms with E-state index >= 15 is 0 Å². The van der Waals surface area contributed by atoms with E-state index in [0.717, 1.165) is 94.6 Å². The van der Waals surface area contributed by atoms with Crippen molar-refractivity contribution in [3.8, 4) is 101 Å². The number of fused-ring (bicyclic) bond motifs is 2. The highest BCUT2D eigenvalue weighted by Gasteiger charge is 2.27. The lowest BCUT2D eigenvalue weighted by molar-refractivity contribution is 0.489. The van der Waals surface area contributed by atoms with Crippen molar-refractivity contribution in [2.45, 2.75) is 0 Å². The minimum atomic E-state index is 0.583. The fourth-order valence-electron chi connectivity index (χ4n) is 8.33. The van der Waals surface area contributed by atoms with Gasteiger partial charge < -0.3 is 4.74 Å². The second-order valence-corrected chi connectivity index (χ2v) is 14.7. The van der Waals surface area contributed by atoms with Gasteiger partial charge in [-0.1, -0.05) is 194 Å². The quantitative estimate of drug-likeness (QED) is 0.163. The number of hydrogen-bond acceptors (Lipinski definition) is 4. The number of ether oxygens (including phenoxy) is 1. The van der Waals surface area contributed by atoms with Crippen molar-refractivity contribution >= 4 is 10.8 Å². The summed E-state index contributed by atoms with van der Waals surface area (Å²) in [6.07, 6.45) is 0. The van der Waals surface area contributed by atoms with E-state index in [-0.39, 0.29) is 0 Å². The van der Waals surface area contributed by atoms with E-state index in [1.165, 1.54) is 0 Å². The van der Waals surface area contributed by atoms with Crippen LogP contribution in [0.5, 0.6) is 11.5 Å². The van der Waals surface area contributed by atoms with Gasteiger partial charge >= 0.3 is 0 Å². The predicted molar refractivity (Wildman–Crippen MR) is 241 cm³/mol. The third kappa shape index (κ3) is 6.24. The summed E-state index contributed by atoms with van der Waals surface area (Å²) < 4.78 is 6.97. The summed E-state index contributed by atoms with van der Waals surface area (Å²) in [5, 5.41) is 2.29. The van der Waals surface area contributed by atoms with Gasteiger partial charge in [-0.3, -0.25) is 0 Å². The molecule has 0 fully saturated rings. The largest absolute Gasteiger partial charge is 0.455 e. The van der Waals surface area contributed by atoms with Crippen molar-refractivity contribution in [2.24, 2.45) is 0 Å². The monoisotopic (exact) mass is 753 g/mol. The van der Waals surface area contributed by atoms with Crippen LogP contribution in [0, 0.1) is 0 Å². The van der Waals surface area contributed by atoms with Gasteiger partial charge in [0.05, 0.1) is 0 Å². The Kier molecular flexibility index (Phi) is 8.45. The van der Waals surface area contributed by atoms with Gasteiger partial charge in [0.15, 0.2) is 17.5 Å². The SMILES string of the molecule is c1ccc(-c2ccc(-c3nc(-c4ccccc4)nc(-c4cc(-c5ccccc5)cc(-c5cccc6c5Oc5cccc7cccc-6c57)c4-c4ccccc4)n3)cc2)cc1. The van der Waals surface area contributed by atoms with E-state index in [4.69, 9.17) is 19.7 Å². The van der Waals surface area contributed by atoms with Crippen molar-refractivity contribution in [1.82, 2.24) is 15.0 Å². The standard InChI is InChI=1S/C55H35N3O/c1-5-16-36(17-6-1)38-30-32-42(33-31-38)54-56-53(41-22-11-4-12-23-41)57-55(58-54)48-35-43(37-18-7-2-8-19-37)34-47(50(48)39-20-9-3-10-21-39)46-28-15-27-45-44-26-13-24-40-25-14-29-49(51(40)44)59-52(45)46/h1-35H. The molecule has 0 N–H and O–H groups in total. The van der Waals surface area contributed by atoms with Gasteiger partial charge in [0.25, 0.3) is 0 Å². The van der Waals surface area contributed by atoms with Crippen LogP contribution in [0.2, 0.25) is 0 Å². The molecule has 0 radical (unpaired) electrons. The maximum Gasteiger partial charge on any atom is 0.164 e. The Bertz CT molecular complexity index is 3140. The zero-order chi connectivity index (χ0) is 39.1. The van der Waals surface area contributed by atoms with Gasteiger partial charge in [-0.15, -0.1) is 0 Å². The summed E-state index contributed by atoms with van der Waals surface area (Å²) in [4.78, 5) is 15.8. The summed E-state index contributed by atoms with van der Waals surface area (Å²) >= 11 is 0. The number of para-hydroxylation sites is 1. The van der Waals surface area contributed by atoms with Gasteiger partial charge in [-0.2, -0.15) is 0 Å². The summed E-state index contributed by atoms with van der Waals surface area (Å²) in [6, 6.07) is 73.9. The summed E-state index contributed by atoms with van der Waals surface area (Å²) in [5.41, 5.74) is 13.4. The van der Waals surface area contributed by atoms with Crippen LogP contribution in [0.4, 0.5) is 0 Å². The van der Waals surface area contributed by atoms with Crippen LogP contribution >= 0.6 is 0 Å². The molecule has 0 unspecified atom stereocenters. The maximum absolute atomic E-state index is 6.97. The van der Waals surface area contributed by atoms with E-state index in [0.29, 0.717) is 17.5 Å². The minimum Gasteiger partial charge on any atom is -0.455 e. The van der Waals surface area contributed by atoms with Crippen LogP contribution in [0.1, 0.15) is 0 Å². The molecular weight excluding hydrogens is 719 g/mol. The second-order valence-electron chi connectivity index (χ2n) is 14.7. The smallest absolute Gasteiger partial charge is 0.164 e. The van der Waals surface area contributed by atoms with Crippen molar-refractivity contribution < 1.29 is 4.74 Å². The van der Waals surface area contributed by atoms with E-state index in [1.54, 1.807) is 0 Å². The Hall–Kier alpha value is -7.95. The van der Waals surface area contributed by atoms with Crippen LogP contribution in [0.25, 0.3) is 101 Å². The van der Waals surface area contributed by atoms with Crippen LogP contribution in [0.15, 0.2) is 212 Å². The molecule has 0 aliphatic carbocycles. The molecule has 0 spiro atoms. The molecule has 59 heavy (non-hydrogen) atoms. The van der Waals surface area contributed by atoms with E-state index < -0.39 is 0 Å². The maximum atomic E-state index is 6.97.